The Balaban J connectivity index is 1.15. The Bertz CT molecular complexity index is 1360. The van der Waals surface area contributed by atoms with E-state index in [9.17, 15) is 22.4 Å². The molecule has 1 spiro atoms. The number of piperazine rings is 1. The van der Waals surface area contributed by atoms with Crippen molar-refractivity contribution in [3.8, 4) is 11.5 Å². The largest absolute Gasteiger partial charge is 0.454 e. The van der Waals surface area contributed by atoms with Gasteiger partial charge >= 0.3 is 11.9 Å². The fourth-order valence-electron chi connectivity index (χ4n) is 5.23. The van der Waals surface area contributed by atoms with E-state index in [4.69, 9.17) is 9.47 Å². The van der Waals surface area contributed by atoms with Gasteiger partial charge in [-0.1, -0.05) is 6.07 Å². The summed E-state index contributed by atoms with van der Waals surface area (Å²) in [7, 11) is 0. The maximum atomic E-state index is 14.7. The number of benzene rings is 1. The lowest BCUT2D eigenvalue weighted by molar-refractivity contribution is -0.141. The molecule has 0 amide bonds. The summed E-state index contributed by atoms with van der Waals surface area (Å²) in [5.41, 5.74) is -1.32. The van der Waals surface area contributed by atoms with Crippen molar-refractivity contribution >= 4 is 5.82 Å². The van der Waals surface area contributed by atoms with Gasteiger partial charge in [0.1, 0.15) is 29.0 Å². The Hall–Kier alpha value is -3.51. The first-order valence-corrected chi connectivity index (χ1v) is 10.9. The van der Waals surface area contributed by atoms with Crippen LogP contribution in [0.1, 0.15) is 17.7 Å². The van der Waals surface area contributed by atoms with E-state index < -0.39 is 23.2 Å². The summed E-state index contributed by atoms with van der Waals surface area (Å²) in [6.07, 6.45) is -1.74. The predicted octanol–water partition coefficient (Wildman–Crippen LogP) is 3.07. The van der Waals surface area contributed by atoms with Crippen LogP contribution >= 0.6 is 0 Å². The van der Waals surface area contributed by atoms with E-state index >= 15 is 0 Å². The number of alkyl halides is 3. The molecule has 3 atom stereocenters. The van der Waals surface area contributed by atoms with E-state index in [-0.39, 0.29) is 36.1 Å². The van der Waals surface area contributed by atoms with Gasteiger partial charge in [-0.05, 0) is 36.2 Å². The van der Waals surface area contributed by atoms with Crippen molar-refractivity contribution < 1.29 is 27.0 Å². The highest BCUT2D eigenvalue weighted by atomic mass is 19.4. The number of nitrogens with one attached hydrogen (secondary N) is 1. The molecule has 2 saturated heterocycles. The molecule has 1 N–H and O–H groups in total. The third-order valence-electron chi connectivity index (χ3n) is 6.70. The Morgan fingerprint density at radius 1 is 1.14 bits per heavy atom. The molecule has 35 heavy (non-hydrogen) atoms. The molecule has 8 nitrogen and oxygen atoms in total. The molecule has 0 radical (unpaired) electrons. The highest BCUT2D eigenvalue weighted by molar-refractivity contribution is 5.52. The number of hydrogen-bond donors (Lipinski definition) is 1. The van der Waals surface area contributed by atoms with E-state index in [0.717, 1.165) is 25.0 Å². The number of rotatable bonds is 5. The highest BCUT2D eigenvalue weighted by Crippen LogP contribution is 2.47. The summed E-state index contributed by atoms with van der Waals surface area (Å²) in [4.78, 5) is 21.5. The Labute approximate surface area is 196 Å². The van der Waals surface area contributed by atoms with Crippen LogP contribution in [0.25, 0.3) is 0 Å². The van der Waals surface area contributed by atoms with Crippen molar-refractivity contribution in [3.63, 3.8) is 0 Å². The molecule has 3 aromatic rings. The lowest BCUT2D eigenvalue weighted by Crippen LogP contribution is -2.59. The standard InChI is InChI=1S/C23H19F4N5O3/c24-16-7-13(1-2-17(16)35-15-3-5-28-18(8-15)23(25,26)27)11-34-20-22-9-14(30-20)10-32(22)19-4-6-29-21(33)31(19)12-22/h1-8,14,20,30H,9-12H2. The minimum atomic E-state index is -4.63. The first kappa shape index (κ1) is 22.0. The van der Waals surface area contributed by atoms with Crippen LogP contribution in [0.4, 0.5) is 23.4 Å². The molecular weight excluding hydrogens is 470 g/mol. The summed E-state index contributed by atoms with van der Waals surface area (Å²) in [6.45, 7) is 1.30. The molecule has 0 aliphatic carbocycles. The van der Waals surface area contributed by atoms with Crippen LogP contribution in [0.2, 0.25) is 0 Å². The summed E-state index contributed by atoms with van der Waals surface area (Å²) in [5, 5.41) is 3.44. The van der Waals surface area contributed by atoms with Gasteiger partial charge in [-0.3, -0.25) is 14.9 Å². The zero-order chi connectivity index (χ0) is 24.4. The van der Waals surface area contributed by atoms with Gasteiger partial charge < -0.3 is 14.4 Å². The lowest BCUT2D eigenvalue weighted by atomic mass is 9.98. The van der Waals surface area contributed by atoms with Crippen molar-refractivity contribution in [1.82, 2.24) is 19.9 Å². The van der Waals surface area contributed by atoms with Gasteiger partial charge in [0.25, 0.3) is 0 Å². The fourth-order valence-corrected chi connectivity index (χ4v) is 5.23. The SMILES string of the molecule is O=c1nccc2n1CC13CC(CN21)NC3OCc1ccc(Oc2ccnc(C(F)(F)F)c2)c(F)c1. The number of pyridine rings is 1. The third kappa shape index (κ3) is 3.64. The topological polar surface area (TPSA) is 81.5 Å². The monoisotopic (exact) mass is 489 g/mol. The zero-order valence-corrected chi connectivity index (χ0v) is 18.1. The number of nitrogens with zero attached hydrogens (tertiary/aromatic N) is 4. The first-order valence-electron chi connectivity index (χ1n) is 10.9. The van der Waals surface area contributed by atoms with Crippen LogP contribution in [0.3, 0.4) is 0 Å². The maximum absolute atomic E-state index is 14.7. The van der Waals surface area contributed by atoms with Crippen LogP contribution in [-0.2, 0) is 24.1 Å². The minimum absolute atomic E-state index is 0.0914. The zero-order valence-electron chi connectivity index (χ0n) is 18.1. The van der Waals surface area contributed by atoms with Crippen LogP contribution < -0.4 is 20.6 Å². The Morgan fingerprint density at radius 3 is 2.77 bits per heavy atom. The van der Waals surface area contributed by atoms with Gasteiger partial charge in [-0.2, -0.15) is 13.2 Å². The second-order valence-corrected chi connectivity index (χ2v) is 8.89. The summed E-state index contributed by atoms with van der Waals surface area (Å²) in [5.74, 6) is -0.303. The molecule has 3 aliphatic heterocycles. The molecule has 12 heteroatoms. The highest BCUT2D eigenvalue weighted by Gasteiger charge is 2.61. The molecule has 3 unspecified atom stereocenters. The number of anilines is 1. The number of halogens is 4. The smallest absolute Gasteiger partial charge is 0.433 e. The average Bonchev–Trinajstić information content (AvgIpc) is 3.46. The van der Waals surface area contributed by atoms with Crippen LogP contribution in [0.5, 0.6) is 11.5 Å². The first-order chi connectivity index (χ1) is 16.7. The molecule has 2 fully saturated rings. The summed E-state index contributed by atoms with van der Waals surface area (Å²) in [6, 6.07) is 8.12. The Kier molecular flexibility index (Phi) is 4.87. The molecule has 0 saturated carbocycles. The molecule has 5 heterocycles. The van der Waals surface area contributed by atoms with Gasteiger partial charge in [0.15, 0.2) is 11.6 Å². The van der Waals surface area contributed by atoms with Crippen LogP contribution in [0.15, 0.2) is 53.6 Å². The van der Waals surface area contributed by atoms with E-state index in [0.29, 0.717) is 18.2 Å². The predicted molar refractivity (Wildman–Crippen MR) is 114 cm³/mol. The summed E-state index contributed by atoms with van der Waals surface area (Å²) >= 11 is 0. The molecule has 3 aliphatic rings. The fraction of sp³-hybridized carbons (Fsp3) is 0.348. The van der Waals surface area contributed by atoms with Crippen LogP contribution in [0, 0.1) is 5.82 Å². The third-order valence-corrected chi connectivity index (χ3v) is 6.70. The summed E-state index contributed by atoms with van der Waals surface area (Å²) < 4.78 is 66.3. The second-order valence-electron chi connectivity index (χ2n) is 8.89. The van der Waals surface area contributed by atoms with Crippen LogP contribution in [-0.4, -0.2) is 38.9 Å². The van der Waals surface area contributed by atoms with Crippen molar-refractivity contribution in [1.29, 1.82) is 0 Å². The van der Waals surface area contributed by atoms with Crippen molar-refractivity contribution in [2.45, 2.75) is 43.6 Å². The van der Waals surface area contributed by atoms with Crippen molar-refractivity contribution in [2.24, 2.45) is 0 Å². The molecule has 2 aromatic heterocycles. The van der Waals surface area contributed by atoms with Gasteiger partial charge in [0.2, 0.25) is 0 Å². The van der Waals surface area contributed by atoms with Crippen molar-refractivity contribution in [3.05, 3.63) is 76.4 Å². The van der Waals surface area contributed by atoms with E-state index in [1.807, 2.05) is 6.07 Å². The number of aromatic nitrogens is 3. The maximum Gasteiger partial charge on any atom is 0.433 e. The average molecular weight is 489 g/mol. The van der Waals surface area contributed by atoms with Gasteiger partial charge in [0, 0.05) is 31.0 Å². The number of fused-ring (bicyclic) bond motifs is 3. The minimum Gasteiger partial charge on any atom is -0.454 e. The molecule has 6 rings (SSSR count). The van der Waals surface area contributed by atoms with Gasteiger partial charge in [0.05, 0.1) is 13.2 Å². The van der Waals surface area contributed by atoms with Gasteiger partial charge in [-0.15, -0.1) is 0 Å². The van der Waals surface area contributed by atoms with E-state index in [1.54, 1.807) is 10.6 Å². The molecular formula is C23H19F4N5O3. The quantitative estimate of drug-likeness (QED) is 0.552. The van der Waals surface area contributed by atoms with Crippen molar-refractivity contribution in [2.75, 3.05) is 11.4 Å². The lowest BCUT2D eigenvalue weighted by Gasteiger charge is -2.39. The molecule has 182 valence electrons. The number of hydrogen-bond acceptors (Lipinski definition) is 7. The van der Waals surface area contributed by atoms with E-state index in [2.05, 4.69) is 20.2 Å². The number of ether oxygens (including phenoxy) is 2. The second kappa shape index (κ2) is 7.75. The Morgan fingerprint density at radius 2 is 1.97 bits per heavy atom. The normalized spacial score (nSPS) is 24.5. The molecule has 1 aromatic carbocycles. The van der Waals surface area contributed by atoms with E-state index in [1.165, 1.54) is 24.4 Å². The van der Waals surface area contributed by atoms with Gasteiger partial charge in [-0.25, -0.2) is 14.2 Å². The molecule has 2 bridgehead atoms.